The first kappa shape index (κ1) is 16.7. The van der Waals surface area contributed by atoms with Gasteiger partial charge < -0.3 is 14.5 Å². The Balaban J connectivity index is 1.52. The van der Waals surface area contributed by atoms with Crippen LogP contribution in [0, 0.1) is 0 Å². The molecular weight excluding hydrogens is 304 g/mol. The first-order valence-corrected chi connectivity index (χ1v) is 8.49. The largest absolute Gasteiger partial charge is 0.468 e. The van der Waals surface area contributed by atoms with Gasteiger partial charge in [0.1, 0.15) is 5.76 Å². The highest BCUT2D eigenvalue weighted by atomic mass is 16.5. The topological polar surface area (TPSA) is 54.7 Å². The molecule has 2 aromatic rings. The van der Waals surface area contributed by atoms with Gasteiger partial charge in [-0.05, 0) is 24.1 Å². The second-order valence-corrected chi connectivity index (χ2v) is 5.97. The van der Waals surface area contributed by atoms with Crippen molar-refractivity contribution in [2.45, 2.75) is 18.9 Å². The predicted molar refractivity (Wildman–Crippen MR) is 91.6 cm³/mol. The number of rotatable bonds is 7. The van der Waals surface area contributed by atoms with E-state index in [9.17, 15) is 4.79 Å². The minimum Gasteiger partial charge on any atom is -0.468 e. The molecule has 2 heterocycles. The Labute approximate surface area is 142 Å². The van der Waals surface area contributed by atoms with Crippen molar-refractivity contribution in [3.8, 4) is 0 Å². The molecule has 5 heteroatoms. The molecule has 24 heavy (non-hydrogen) atoms. The van der Waals surface area contributed by atoms with Crippen LogP contribution in [0.2, 0.25) is 0 Å². The van der Waals surface area contributed by atoms with Gasteiger partial charge in [-0.1, -0.05) is 30.3 Å². The summed E-state index contributed by atoms with van der Waals surface area (Å²) in [5, 5.41) is 3.06. The van der Waals surface area contributed by atoms with Crippen molar-refractivity contribution in [3.63, 3.8) is 0 Å². The van der Waals surface area contributed by atoms with Crippen LogP contribution in [0.5, 0.6) is 0 Å². The molecule has 0 radical (unpaired) electrons. The molecule has 128 valence electrons. The van der Waals surface area contributed by atoms with Crippen molar-refractivity contribution in [2.75, 3.05) is 32.8 Å². The zero-order chi connectivity index (χ0) is 16.6. The van der Waals surface area contributed by atoms with Crippen molar-refractivity contribution in [1.82, 2.24) is 10.2 Å². The van der Waals surface area contributed by atoms with Crippen molar-refractivity contribution >= 4 is 5.91 Å². The molecule has 0 bridgehead atoms. The van der Waals surface area contributed by atoms with E-state index in [0.29, 0.717) is 13.0 Å². The van der Waals surface area contributed by atoms with Gasteiger partial charge in [-0.2, -0.15) is 0 Å². The van der Waals surface area contributed by atoms with Crippen LogP contribution >= 0.6 is 0 Å². The summed E-state index contributed by atoms with van der Waals surface area (Å²) in [6, 6.07) is 14.0. The van der Waals surface area contributed by atoms with Gasteiger partial charge in [-0.25, -0.2) is 0 Å². The van der Waals surface area contributed by atoms with Crippen molar-refractivity contribution in [3.05, 3.63) is 60.1 Å². The standard InChI is InChI=1S/C19H24N2O3/c22-19(9-8-16-5-2-1-3-6-16)20-15-17(18-7-4-12-24-18)21-10-13-23-14-11-21/h1-7,12,17H,8-11,13-15H2,(H,20,22). The molecule has 1 amide bonds. The van der Waals surface area contributed by atoms with Crippen LogP contribution in [0.25, 0.3) is 0 Å². The van der Waals surface area contributed by atoms with Crippen LogP contribution in [0.15, 0.2) is 53.1 Å². The van der Waals surface area contributed by atoms with E-state index in [4.69, 9.17) is 9.15 Å². The number of nitrogens with zero attached hydrogens (tertiary/aromatic N) is 1. The third kappa shape index (κ3) is 4.69. The van der Waals surface area contributed by atoms with E-state index >= 15 is 0 Å². The van der Waals surface area contributed by atoms with Crippen LogP contribution in [0.4, 0.5) is 0 Å². The molecule has 1 N–H and O–H groups in total. The smallest absolute Gasteiger partial charge is 0.220 e. The Bertz CT molecular complexity index is 607. The van der Waals surface area contributed by atoms with Gasteiger partial charge in [0.25, 0.3) is 0 Å². The van der Waals surface area contributed by atoms with E-state index in [-0.39, 0.29) is 11.9 Å². The Morgan fingerprint density at radius 2 is 1.92 bits per heavy atom. The van der Waals surface area contributed by atoms with Crippen LogP contribution < -0.4 is 5.32 Å². The highest BCUT2D eigenvalue weighted by Crippen LogP contribution is 2.21. The summed E-state index contributed by atoms with van der Waals surface area (Å²) in [7, 11) is 0. The van der Waals surface area contributed by atoms with Gasteiger partial charge in [0.15, 0.2) is 0 Å². The maximum absolute atomic E-state index is 12.2. The number of furan rings is 1. The number of morpholine rings is 1. The molecular formula is C19H24N2O3. The number of ether oxygens (including phenoxy) is 1. The van der Waals surface area contributed by atoms with Gasteiger partial charge in [0, 0.05) is 26.1 Å². The maximum atomic E-state index is 12.2. The Morgan fingerprint density at radius 1 is 1.12 bits per heavy atom. The van der Waals surface area contributed by atoms with Gasteiger partial charge in [-0.3, -0.25) is 9.69 Å². The number of amides is 1. The summed E-state index contributed by atoms with van der Waals surface area (Å²) >= 11 is 0. The van der Waals surface area contributed by atoms with E-state index in [1.807, 2.05) is 42.5 Å². The molecule has 1 aliphatic heterocycles. The lowest BCUT2D eigenvalue weighted by Crippen LogP contribution is -2.43. The van der Waals surface area contributed by atoms with E-state index in [1.54, 1.807) is 6.26 Å². The minimum atomic E-state index is 0.0598. The first-order valence-electron chi connectivity index (χ1n) is 8.49. The van der Waals surface area contributed by atoms with Gasteiger partial charge in [0.05, 0.1) is 25.5 Å². The number of hydrogen-bond acceptors (Lipinski definition) is 4. The lowest BCUT2D eigenvalue weighted by Gasteiger charge is -2.33. The SMILES string of the molecule is O=C(CCc1ccccc1)NCC(c1ccco1)N1CCOCC1. The number of carbonyl (C=O) groups excluding carboxylic acids is 1. The lowest BCUT2D eigenvalue weighted by molar-refractivity contribution is -0.121. The lowest BCUT2D eigenvalue weighted by atomic mass is 10.1. The van der Waals surface area contributed by atoms with Gasteiger partial charge >= 0.3 is 0 Å². The van der Waals surface area contributed by atoms with Crippen molar-refractivity contribution in [2.24, 2.45) is 0 Å². The van der Waals surface area contributed by atoms with Crippen molar-refractivity contribution < 1.29 is 13.9 Å². The molecule has 1 atom stereocenters. The molecule has 1 aliphatic rings. The molecule has 1 aromatic carbocycles. The van der Waals surface area contributed by atoms with Crippen molar-refractivity contribution in [1.29, 1.82) is 0 Å². The fourth-order valence-electron chi connectivity index (χ4n) is 2.98. The summed E-state index contributed by atoms with van der Waals surface area (Å²) in [5.74, 6) is 0.962. The summed E-state index contributed by atoms with van der Waals surface area (Å²) < 4.78 is 11.0. The third-order valence-electron chi connectivity index (χ3n) is 4.33. The number of aryl methyl sites for hydroxylation is 1. The molecule has 0 aliphatic carbocycles. The average Bonchev–Trinajstić information content (AvgIpc) is 3.16. The summed E-state index contributed by atoms with van der Waals surface area (Å²) in [5.41, 5.74) is 1.18. The van der Waals surface area contributed by atoms with Gasteiger partial charge in [-0.15, -0.1) is 0 Å². The average molecular weight is 328 g/mol. The quantitative estimate of drug-likeness (QED) is 0.848. The van der Waals surface area contributed by atoms with E-state index in [0.717, 1.165) is 38.5 Å². The zero-order valence-electron chi connectivity index (χ0n) is 13.8. The van der Waals surface area contributed by atoms with Crippen LogP contribution in [0.1, 0.15) is 23.8 Å². The highest BCUT2D eigenvalue weighted by Gasteiger charge is 2.25. The molecule has 1 aromatic heterocycles. The van der Waals surface area contributed by atoms with Crippen LogP contribution in [-0.2, 0) is 16.0 Å². The van der Waals surface area contributed by atoms with E-state index in [2.05, 4.69) is 10.2 Å². The second kappa shape index (κ2) is 8.66. The number of carbonyl (C=O) groups is 1. The Kier molecular flexibility index (Phi) is 6.04. The molecule has 0 saturated carbocycles. The molecule has 1 saturated heterocycles. The Hall–Kier alpha value is -2.11. The first-order chi connectivity index (χ1) is 11.8. The van der Waals surface area contributed by atoms with E-state index < -0.39 is 0 Å². The fraction of sp³-hybridized carbons (Fsp3) is 0.421. The third-order valence-corrected chi connectivity index (χ3v) is 4.33. The summed E-state index contributed by atoms with van der Waals surface area (Å²) in [4.78, 5) is 14.5. The molecule has 0 spiro atoms. The monoisotopic (exact) mass is 328 g/mol. The minimum absolute atomic E-state index is 0.0598. The zero-order valence-corrected chi connectivity index (χ0v) is 13.8. The van der Waals surface area contributed by atoms with Gasteiger partial charge in [0.2, 0.25) is 5.91 Å². The number of nitrogens with one attached hydrogen (secondary N) is 1. The van der Waals surface area contributed by atoms with Crippen LogP contribution in [-0.4, -0.2) is 43.7 Å². The fourth-order valence-corrected chi connectivity index (χ4v) is 2.98. The number of benzene rings is 1. The molecule has 3 rings (SSSR count). The molecule has 1 fully saturated rings. The summed E-state index contributed by atoms with van der Waals surface area (Å²) in [6.45, 7) is 3.70. The summed E-state index contributed by atoms with van der Waals surface area (Å²) in [6.07, 6.45) is 2.94. The molecule has 1 unspecified atom stereocenters. The maximum Gasteiger partial charge on any atom is 0.220 e. The number of hydrogen-bond donors (Lipinski definition) is 1. The normalized spacial score (nSPS) is 16.7. The Morgan fingerprint density at radius 3 is 2.62 bits per heavy atom. The highest BCUT2D eigenvalue weighted by molar-refractivity contribution is 5.76. The predicted octanol–water partition coefficient (Wildman–Crippen LogP) is 2.40. The molecule has 5 nitrogen and oxygen atoms in total. The van der Waals surface area contributed by atoms with E-state index in [1.165, 1.54) is 5.56 Å². The van der Waals surface area contributed by atoms with Crippen LogP contribution in [0.3, 0.4) is 0 Å². The second-order valence-electron chi connectivity index (χ2n) is 5.97.